The molecule has 0 aliphatic carbocycles. The summed E-state index contributed by atoms with van der Waals surface area (Å²) in [6, 6.07) is 3.52. The van der Waals surface area contributed by atoms with E-state index in [0.717, 1.165) is 23.3 Å². The van der Waals surface area contributed by atoms with Crippen LogP contribution in [0, 0.1) is 12.3 Å². The maximum Gasteiger partial charge on any atom is 0.416 e. The number of aliphatic hydroxyl groups is 2. The van der Waals surface area contributed by atoms with Crippen molar-refractivity contribution in [3.8, 4) is 5.75 Å². The first-order valence-corrected chi connectivity index (χ1v) is 16.1. The van der Waals surface area contributed by atoms with E-state index in [1.807, 2.05) is 19.9 Å². The standard InChI is InChI=1S/C34H43F6N3O5/c1-5-6-15-48-26-7-8-27(21(2)16-26)29-28-20-32(9-13-44,10-14-45)30(46)42(28)11-12-43(29)31(47)41(4)22(3)23-17-24(33(35,36)37)19-25(18-23)34(38,39)40/h7-8,16-19,22,28-29,44-45H,5-6,9-15,20H2,1-4H3/t22-,28+,29+/m1/s1. The van der Waals surface area contributed by atoms with Crippen LogP contribution >= 0.6 is 0 Å². The van der Waals surface area contributed by atoms with Gasteiger partial charge in [-0.05, 0) is 86.6 Å². The number of unbranched alkanes of at least 4 members (excludes halogenated alkanes) is 1. The molecule has 2 aromatic carbocycles. The third kappa shape index (κ3) is 7.54. The molecule has 0 bridgehead atoms. The highest BCUT2D eigenvalue weighted by Gasteiger charge is 2.56. The number of ether oxygens (including phenoxy) is 1. The molecule has 2 aliphatic heterocycles. The molecule has 3 amide bonds. The lowest BCUT2D eigenvalue weighted by Crippen LogP contribution is -2.57. The molecule has 14 heteroatoms. The number of alkyl halides is 6. The van der Waals surface area contributed by atoms with Crippen LogP contribution in [0.1, 0.15) is 85.9 Å². The summed E-state index contributed by atoms with van der Waals surface area (Å²) in [7, 11) is 1.32. The molecule has 266 valence electrons. The molecule has 0 saturated carbocycles. The highest BCUT2D eigenvalue weighted by Crippen LogP contribution is 2.49. The third-order valence-corrected chi connectivity index (χ3v) is 9.72. The van der Waals surface area contributed by atoms with Crippen LogP contribution in [0.15, 0.2) is 36.4 Å². The van der Waals surface area contributed by atoms with Crippen LogP contribution in [0.5, 0.6) is 5.75 Å². The first kappa shape index (κ1) is 37.3. The number of carbonyl (C=O) groups excluding carboxylic acids is 2. The van der Waals surface area contributed by atoms with E-state index in [2.05, 4.69) is 0 Å². The Labute approximate surface area is 276 Å². The van der Waals surface area contributed by atoms with E-state index in [9.17, 15) is 46.1 Å². The lowest BCUT2D eigenvalue weighted by atomic mass is 9.77. The molecule has 0 aromatic heterocycles. The summed E-state index contributed by atoms with van der Waals surface area (Å²) in [5.74, 6) is 0.374. The summed E-state index contributed by atoms with van der Waals surface area (Å²) >= 11 is 0. The molecule has 0 unspecified atom stereocenters. The summed E-state index contributed by atoms with van der Waals surface area (Å²) < 4.78 is 87.7. The Bertz CT molecular complexity index is 1430. The van der Waals surface area contributed by atoms with Gasteiger partial charge in [0.1, 0.15) is 5.75 Å². The molecule has 8 nitrogen and oxygen atoms in total. The summed E-state index contributed by atoms with van der Waals surface area (Å²) in [6.45, 7) is 5.30. The number of aliphatic hydroxyl groups excluding tert-OH is 2. The number of carbonyl (C=O) groups is 2. The lowest BCUT2D eigenvalue weighted by Gasteiger charge is -2.47. The summed E-state index contributed by atoms with van der Waals surface area (Å²) in [4.78, 5) is 32.4. The molecule has 2 aromatic rings. The zero-order valence-corrected chi connectivity index (χ0v) is 27.5. The smallest absolute Gasteiger partial charge is 0.416 e. The van der Waals surface area contributed by atoms with Gasteiger partial charge in [0.05, 0.1) is 41.3 Å². The van der Waals surface area contributed by atoms with Crippen molar-refractivity contribution < 1.29 is 50.9 Å². The van der Waals surface area contributed by atoms with Crippen LogP contribution in [0.3, 0.4) is 0 Å². The SMILES string of the molecule is CCCCOc1ccc([C@H]2[C@@H]3CC(CCO)(CCO)C(=O)N3CCN2C(=O)N(C)[C@H](C)c2cc(C(F)(F)F)cc(C(F)(F)F)c2)c(C)c1. The number of piperazine rings is 1. The number of nitrogens with zero attached hydrogens (tertiary/aromatic N) is 3. The maximum atomic E-state index is 14.3. The van der Waals surface area contributed by atoms with Crippen molar-refractivity contribution >= 4 is 11.9 Å². The van der Waals surface area contributed by atoms with Gasteiger partial charge in [-0.3, -0.25) is 4.79 Å². The van der Waals surface area contributed by atoms with Crippen LogP contribution in [-0.2, 0) is 17.1 Å². The first-order valence-electron chi connectivity index (χ1n) is 16.1. The molecule has 0 radical (unpaired) electrons. The summed E-state index contributed by atoms with van der Waals surface area (Å²) in [5, 5.41) is 19.7. The van der Waals surface area contributed by atoms with Crippen molar-refractivity contribution in [1.29, 1.82) is 0 Å². The van der Waals surface area contributed by atoms with E-state index in [1.165, 1.54) is 18.9 Å². The van der Waals surface area contributed by atoms with Gasteiger partial charge in [0.15, 0.2) is 0 Å². The number of benzene rings is 2. The fraction of sp³-hybridized carbons (Fsp3) is 0.588. The van der Waals surface area contributed by atoms with E-state index in [4.69, 9.17) is 4.74 Å². The van der Waals surface area contributed by atoms with Gasteiger partial charge in [-0.1, -0.05) is 19.4 Å². The zero-order chi connectivity index (χ0) is 35.6. The molecule has 3 atom stereocenters. The molecule has 48 heavy (non-hydrogen) atoms. The van der Waals surface area contributed by atoms with Crippen molar-refractivity contribution in [3.63, 3.8) is 0 Å². The maximum absolute atomic E-state index is 14.3. The largest absolute Gasteiger partial charge is 0.494 e. The van der Waals surface area contributed by atoms with Gasteiger partial charge in [-0.2, -0.15) is 26.3 Å². The Morgan fingerprint density at radius 3 is 2.15 bits per heavy atom. The molecule has 2 fully saturated rings. The number of rotatable bonds is 11. The van der Waals surface area contributed by atoms with Crippen molar-refractivity contribution in [2.24, 2.45) is 5.41 Å². The second-order valence-corrected chi connectivity index (χ2v) is 12.8. The van der Waals surface area contributed by atoms with Gasteiger partial charge in [-0.15, -0.1) is 0 Å². The molecular formula is C34H43F6N3O5. The number of aryl methyl sites for hydroxylation is 1. The second kappa shape index (κ2) is 14.5. The van der Waals surface area contributed by atoms with Crippen LogP contribution < -0.4 is 4.74 Å². The number of amides is 3. The van der Waals surface area contributed by atoms with Crippen LogP contribution in [0.25, 0.3) is 0 Å². The van der Waals surface area contributed by atoms with E-state index in [1.54, 1.807) is 17.0 Å². The first-order chi connectivity index (χ1) is 22.5. The van der Waals surface area contributed by atoms with E-state index >= 15 is 0 Å². The fourth-order valence-electron chi connectivity index (χ4n) is 6.94. The molecule has 2 aliphatic rings. The third-order valence-electron chi connectivity index (χ3n) is 9.72. The molecule has 2 saturated heterocycles. The predicted molar refractivity (Wildman–Crippen MR) is 165 cm³/mol. The Hall–Kier alpha value is -3.52. The second-order valence-electron chi connectivity index (χ2n) is 12.8. The van der Waals surface area contributed by atoms with Gasteiger partial charge >= 0.3 is 18.4 Å². The van der Waals surface area contributed by atoms with Crippen molar-refractivity contribution in [1.82, 2.24) is 14.7 Å². The van der Waals surface area contributed by atoms with E-state index < -0.39 is 53.1 Å². The molecule has 4 rings (SSSR count). The quantitative estimate of drug-likeness (QED) is 0.202. The molecular weight excluding hydrogens is 644 g/mol. The molecule has 0 spiro atoms. The predicted octanol–water partition coefficient (Wildman–Crippen LogP) is 6.73. The van der Waals surface area contributed by atoms with Gasteiger partial charge in [0, 0.05) is 33.4 Å². The summed E-state index contributed by atoms with van der Waals surface area (Å²) in [6.07, 6.45) is -7.87. The van der Waals surface area contributed by atoms with Gasteiger partial charge in [0.2, 0.25) is 5.91 Å². The Kier molecular flexibility index (Phi) is 11.3. The van der Waals surface area contributed by atoms with Crippen molar-refractivity contribution in [2.75, 3.05) is 40.0 Å². The van der Waals surface area contributed by atoms with Gasteiger partial charge < -0.3 is 29.6 Å². The highest BCUT2D eigenvalue weighted by atomic mass is 19.4. The molecule has 2 heterocycles. The van der Waals surface area contributed by atoms with Crippen molar-refractivity contribution in [2.45, 2.75) is 83.4 Å². The Morgan fingerprint density at radius 2 is 1.62 bits per heavy atom. The number of fused-ring (bicyclic) bond motifs is 1. The van der Waals surface area contributed by atoms with E-state index in [-0.39, 0.29) is 63.1 Å². The number of hydrogen-bond acceptors (Lipinski definition) is 5. The minimum Gasteiger partial charge on any atom is -0.494 e. The normalized spacial score (nSPS) is 20.1. The van der Waals surface area contributed by atoms with Gasteiger partial charge in [0.25, 0.3) is 0 Å². The topological polar surface area (TPSA) is 93.5 Å². The fourth-order valence-corrected chi connectivity index (χ4v) is 6.94. The number of halogens is 6. The molecule has 2 N–H and O–H groups in total. The minimum absolute atomic E-state index is 0.0295. The Balaban J connectivity index is 1.75. The van der Waals surface area contributed by atoms with Crippen molar-refractivity contribution in [3.05, 3.63) is 64.2 Å². The van der Waals surface area contributed by atoms with Crippen LogP contribution in [-0.4, -0.2) is 82.9 Å². The average molecular weight is 688 g/mol. The minimum atomic E-state index is -5.05. The zero-order valence-electron chi connectivity index (χ0n) is 27.5. The van der Waals surface area contributed by atoms with E-state index in [0.29, 0.717) is 30.1 Å². The van der Waals surface area contributed by atoms with Crippen LogP contribution in [0.4, 0.5) is 31.1 Å². The summed E-state index contributed by atoms with van der Waals surface area (Å²) in [5.41, 5.74) is -2.90. The number of urea groups is 1. The van der Waals surface area contributed by atoms with Crippen LogP contribution in [0.2, 0.25) is 0 Å². The number of hydrogen-bond donors (Lipinski definition) is 2. The van der Waals surface area contributed by atoms with Gasteiger partial charge in [-0.25, -0.2) is 4.79 Å². The lowest BCUT2D eigenvalue weighted by molar-refractivity contribution is -0.143. The Morgan fingerprint density at radius 1 is 1.02 bits per heavy atom. The monoisotopic (exact) mass is 687 g/mol. The highest BCUT2D eigenvalue weighted by molar-refractivity contribution is 5.86. The average Bonchev–Trinajstić information content (AvgIpc) is 3.30.